The van der Waals surface area contributed by atoms with E-state index in [-0.39, 0.29) is 12.0 Å². The zero-order valence-electron chi connectivity index (χ0n) is 11.8. The average molecular weight is 256 g/mol. The standard InChI is InChI=1S/C13H28N4O/c1-3-5-7-9-11-16-13(18)17-12(14)15-10-8-6-4-2/h3-11H2,1-2H3,(H4,14,15,16,17,18). The molecule has 0 aromatic rings. The summed E-state index contributed by atoms with van der Waals surface area (Å²) in [6, 6.07) is -0.261. The lowest BCUT2D eigenvalue weighted by Crippen LogP contribution is -2.43. The fourth-order valence-corrected chi connectivity index (χ4v) is 1.52. The van der Waals surface area contributed by atoms with Crippen molar-refractivity contribution in [2.45, 2.75) is 58.8 Å². The van der Waals surface area contributed by atoms with Crippen molar-refractivity contribution in [1.82, 2.24) is 10.6 Å². The van der Waals surface area contributed by atoms with Gasteiger partial charge in [-0.3, -0.25) is 10.3 Å². The van der Waals surface area contributed by atoms with Crippen molar-refractivity contribution in [2.75, 3.05) is 13.1 Å². The maximum Gasteiger partial charge on any atom is 0.321 e. The third-order valence-corrected chi connectivity index (χ3v) is 2.60. The number of hydrogen-bond acceptors (Lipinski definition) is 2. The van der Waals surface area contributed by atoms with Crippen LogP contribution in [-0.2, 0) is 0 Å². The van der Waals surface area contributed by atoms with Crippen LogP contribution in [0.25, 0.3) is 0 Å². The highest BCUT2D eigenvalue weighted by Gasteiger charge is 2.00. The molecule has 4 N–H and O–H groups in total. The van der Waals surface area contributed by atoms with E-state index in [1.807, 2.05) is 0 Å². The maximum absolute atomic E-state index is 11.4. The van der Waals surface area contributed by atoms with Crippen LogP contribution in [0.3, 0.4) is 0 Å². The first-order chi connectivity index (χ1) is 8.70. The van der Waals surface area contributed by atoms with Crippen molar-refractivity contribution in [3.05, 3.63) is 0 Å². The van der Waals surface area contributed by atoms with Gasteiger partial charge in [0.05, 0.1) is 0 Å². The predicted octanol–water partition coefficient (Wildman–Crippen LogP) is 2.37. The van der Waals surface area contributed by atoms with Crippen molar-refractivity contribution in [3.63, 3.8) is 0 Å². The highest BCUT2D eigenvalue weighted by Crippen LogP contribution is 1.96. The summed E-state index contributed by atoms with van der Waals surface area (Å²) in [6.07, 6.45) is 7.87. The van der Waals surface area contributed by atoms with Crippen LogP contribution in [0.2, 0.25) is 0 Å². The van der Waals surface area contributed by atoms with Crippen LogP contribution in [-0.4, -0.2) is 25.1 Å². The van der Waals surface area contributed by atoms with Crippen molar-refractivity contribution >= 4 is 12.0 Å². The summed E-state index contributed by atoms with van der Waals surface area (Å²) < 4.78 is 0. The predicted molar refractivity (Wildman–Crippen MR) is 76.7 cm³/mol. The number of urea groups is 1. The van der Waals surface area contributed by atoms with E-state index in [9.17, 15) is 4.79 Å². The normalized spacial score (nSPS) is 11.3. The monoisotopic (exact) mass is 256 g/mol. The van der Waals surface area contributed by atoms with Crippen LogP contribution in [0, 0.1) is 0 Å². The second-order valence-corrected chi connectivity index (χ2v) is 4.42. The number of guanidine groups is 1. The molecule has 0 fully saturated rings. The molecular formula is C13H28N4O. The Morgan fingerprint density at radius 2 is 1.72 bits per heavy atom. The third kappa shape index (κ3) is 11.2. The molecule has 0 saturated heterocycles. The molecule has 5 nitrogen and oxygen atoms in total. The van der Waals surface area contributed by atoms with Crippen LogP contribution >= 0.6 is 0 Å². The van der Waals surface area contributed by atoms with Gasteiger partial charge in [0.2, 0.25) is 0 Å². The fraction of sp³-hybridized carbons (Fsp3) is 0.846. The van der Waals surface area contributed by atoms with E-state index in [1.54, 1.807) is 0 Å². The molecule has 5 heteroatoms. The molecule has 0 aliphatic carbocycles. The fourth-order valence-electron chi connectivity index (χ4n) is 1.52. The molecule has 106 valence electrons. The maximum atomic E-state index is 11.4. The number of nitrogens with two attached hydrogens (primary N) is 1. The molecule has 0 bridgehead atoms. The number of nitrogens with zero attached hydrogens (tertiary/aromatic N) is 1. The largest absolute Gasteiger partial charge is 0.370 e. The van der Waals surface area contributed by atoms with E-state index in [0.29, 0.717) is 13.1 Å². The highest BCUT2D eigenvalue weighted by molar-refractivity contribution is 5.95. The van der Waals surface area contributed by atoms with Gasteiger partial charge in [-0.25, -0.2) is 4.79 Å². The summed E-state index contributed by atoms with van der Waals surface area (Å²) in [6.45, 7) is 5.67. The van der Waals surface area contributed by atoms with E-state index >= 15 is 0 Å². The Morgan fingerprint density at radius 3 is 2.39 bits per heavy atom. The van der Waals surface area contributed by atoms with Gasteiger partial charge in [0.1, 0.15) is 0 Å². The summed E-state index contributed by atoms with van der Waals surface area (Å²) in [5, 5.41) is 5.29. The summed E-state index contributed by atoms with van der Waals surface area (Å²) >= 11 is 0. The van der Waals surface area contributed by atoms with Gasteiger partial charge in [0.15, 0.2) is 5.96 Å². The van der Waals surface area contributed by atoms with Crippen LogP contribution in [0.4, 0.5) is 4.79 Å². The first kappa shape index (κ1) is 16.7. The van der Waals surface area contributed by atoms with Crippen LogP contribution < -0.4 is 16.4 Å². The van der Waals surface area contributed by atoms with Crippen LogP contribution in [0.1, 0.15) is 58.8 Å². The Morgan fingerprint density at radius 1 is 1.06 bits per heavy atom. The molecule has 0 saturated carbocycles. The Hall–Kier alpha value is -1.26. The first-order valence-electron chi connectivity index (χ1n) is 7.05. The minimum absolute atomic E-state index is 0.206. The molecule has 0 atom stereocenters. The number of hydrogen-bond donors (Lipinski definition) is 3. The van der Waals surface area contributed by atoms with Crippen LogP contribution in [0.15, 0.2) is 4.99 Å². The van der Waals surface area contributed by atoms with E-state index in [4.69, 9.17) is 5.73 Å². The molecule has 18 heavy (non-hydrogen) atoms. The number of unbranched alkanes of at least 4 members (excludes halogenated alkanes) is 5. The molecule has 0 aromatic carbocycles. The molecule has 0 rings (SSSR count). The Balaban J connectivity index is 3.54. The molecule has 0 aliphatic heterocycles. The molecule has 0 aromatic heterocycles. The SMILES string of the molecule is CCCCCCNC(=O)NC(N)=NCCCCC. The zero-order valence-corrected chi connectivity index (χ0v) is 11.8. The van der Waals surface area contributed by atoms with Gasteiger partial charge >= 0.3 is 6.03 Å². The number of nitrogens with one attached hydrogen (secondary N) is 2. The number of amides is 2. The second-order valence-electron chi connectivity index (χ2n) is 4.42. The van der Waals surface area contributed by atoms with Gasteiger partial charge in [-0.1, -0.05) is 46.0 Å². The highest BCUT2D eigenvalue weighted by atomic mass is 16.2. The lowest BCUT2D eigenvalue weighted by molar-refractivity contribution is 0.245. The van der Waals surface area contributed by atoms with E-state index < -0.39 is 0 Å². The second kappa shape index (κ2) is 12.2. The minimum Gasteiger partial charge on any atom is -0.370 e. The molecule has 0 aliphatic rings. The molecular weight excluding hydrogens is 228 g/mol. The average Bonchev–Trinajstić information content (AvgIpc) is 2.34. The van der Waals surface area contributed by atoms with Gasteiger partial charge in [-0.2, -0.15) is 0 Å². The van der Waals surface area contributed by atoms with Crippen molar-refractivity contribution in [1.29, 1.82) is 0 Å². The van der Waals surface area contributed by atoms with Gasteiger partial charge in [0.25, 0.3) is 0 Å². The number of carbonyl (C=O) groups excluding carboxylic acids is 1. The molecule has 0 unspecified atom stereocenters. The van der Waals surface area contributed by atoms with E-state index in [0.717, 1.165) is 32.1 Å². The Kier molecular flexibility index (Phi) is 11.3. The van der Waals surface area contributed by atoms with Crippen molar-refractivity contribution in [3.8, 4) is 0 Å². The summed E-state index contributed by atoms with van der Waals surface area (Å²) in [5.74, 6) is 0.206. The van der Waals surface area contributed by atoms with Crippen molar-refractivity contribution < 1.29 is 4.79 Å². The van der Waals surface area contributed by atoms with E-state index in [1.165, 1.54) is 12.8 Å². The Labute approximate surface area is 111 Å². The van der Waals surface area contributed by atoms with Gasteiger partial charge in [0, 0.05) is 13.1 Å². The molecule has 0 radical (unpaired) electrons. The lowest BCUT2D eigenvalue weighted by atomic mass is 10.2. The summed E-state index contributed by atoms with van der Waals surface area (Å²) in [7, 11) is 0. The minimum atomic E-state index is -0.261. The quantitative estimate of drug-likeness (QED) is 0.336. The zero-order chi connectivity index (χ0) is 13.6. The van der Waals surface area contributed by atoms with Gasteiger partial charge < -0.3 is 11.1 Å². The van der Waals surface area contributed by atoms with Gasteiger partial charge in [-0.15, -0.1) is 0 Å². The van der Waals surface area contributed by atoms with E-state index in [2.05, 4.69) is 29.5 Å². The number of aliphatic imine (C=N–C) groups is 1. The lowest BCUT2D eigenvalue weighted by Gasteiger charge is -2.06. The smallest absolute Gasteiger partial charge is 0.321 e. The van der Waals surface area contributed by atoms with Crippen LogP contribution in [0.5, 0.6) is 0 Å². The number of carbonyl (C=O) groups is 1. The Bertz CT molecular complexity index is 241. The third-order valence-electron chi connectivity index (χ3n) is 2.60. The number of rotatable bonds is 9. The first-order valence-corrected chi connectivity index (χ1v) is 7.05. The molecule has 2 amide bonds. The summed E-state index contributed by atoms with van der Waals surface area (Å²) in [5.41, 5.74) is 5.59. The van der Waals surface area contributed by atoms with Crippen molar-refractivity contribution in [2.24, 2.45) is 10.7 Å². The topological polar surface area (TPSA) is 79.5 Å². The molecule has 0 spiro atoms. The molecule has 0 heterocycles. The van der Waals surface area contributed by atoms with Gasteiger partial charge in [-0.05, 0) is 12.8 Å². The summed E-state index contributed by atoms with van der Waals surface area (Å²) in [4.78, 5) is 15.5.